The van der Waals surface area contributed by atoms with E-state index in [4.69, 9.17) is 5.11 Å². The Morgan fingerprint density at radius 1 is 1.45 bits per heavy atom. The Hall–Kier alpha value is -1.25. The molecule has 2 rings (SSSR count). The molecule has 0 bridgehead atoms. The molecule has 1 aromatic heterocycles. The summed E-state index contributed by atoms with van der Waals surface area (Å²) in [5.74, 6) is 0.391. The summed E-state index contributed by atoms with van der Waals surface area (Å²) in [5, 5.41) is 11.6. The number of anilines is 1. The van der Waals surface area contributed by atoms with Crippen molar-refractivity contribution in [3.63, 3.8) is 0 Å². The van der Waals surface area contributed by atoms with Gasteiger partial charge in [-0.05, 0) is 25.7 Å². The Morgan fingerprint density at radius 2 is 2.15 bits per heavy atom. The van der Waals surface area contributed by atoms with Gasteiger partial charge in [0.15, 0.2) is 0 Å². The van der Waals surface area contributed by atoms with E-state index >= 15 is 0 Å². The molecule has 0 spiro atoms. The maximum atomic E-state index is 12.6. The fraction of sp³-hybridized carbons (Fsp3) is 0.667. The number of aliphatic hydroxyl groups is 1. The zero-order chi connectivity index (χ0) is 14.6. The van der Waals surface area contributed by atoms with E-state index in [0.717, 1.165) is 12.8 Å². The van der Waals surface area contributed by atoms with Crippen LogP contribution < -0.4 is 5.32 Å². The Labute approximate surface area is 119 Å². The maximum absolute atomic E-state index is 12.6. The van der Waals surface area contributed by atoms with Gasteiger partial charge in [0.2, 0.25) is 16.0 Å². The summed E-state index contributed by atoms with van der Waals surface area (Å²) in [4.78, 5) is 8.03. The number of hydrogen-bond donors (Lipinski definition) is 2. The molecule has 1 fully saturated rings. The van der Waals surface area contributed by atoms with Crippen LogP contribution in [0.5, 0.6) is 0 Å². The zero-order valence-electron chi connectivity index (χ0n) is 11.5. The molecule has 0 aliphatic carbocycles. The summed E-state index contributed by atoms with van der Waals surface area (Å²) in [5.41, 5.74) is 0. The van der Waals surface area contributed by atoms with Gasteiger partial charge in [-0.2, -0.15) is 4.31 Å². The minimum atomic E-state index is -3.54. The number of aliphatic hydroxyl groups excluding tert-OH is 1. The Balaban J connectivity index is 2.19. The van der Waals surface area contributed by atoms with Gasteiger partial charge in [0.05, 0.1) is 12.4 Å². The fourth-order valence-corrected chi connectivity index (χ4v) is 4.07. The quantitative estimate of drug-likeness (QED) is 0.791. The van der Waals surface area contributed by atoms with Gasteiger partial charge in [0.25, 0.3) is 0 Å². The molecule has 1 unspecified atom stereocenters. The van der Waals surface area contributed by atoms with Crippen LogP contribution in [0.4, 0.5) is 5.95 Å². The van der Waals surface area contributed by atoms with Crippen LogP contribution in [-0.2, 0) is 10.0 Å². The summed E-state index contributed by atoms with van der Waals surface area (Å²) in [6.07, 6.45) is 5.65. The molecule has 7 nitrogen and oxygen atoms in total. The van der Waals surface area contributed by atoms with Crippen molar-refractivity contribution in [3.05, 3.63) is 12.4 Å². The van der Waals surface area contributed by atoms with E-state index < -0.39 is 10.0 Å². The van der Waals surface area contributed by atoms with Gasteiger partial charge < -0.3 is 10.4 Å². The average Bonchev–Trinajstić information content (AvgIpc) is 2.94. The molecule has 2 N–H and O–H groups in total. The third-order valence-corrected chi connectivity index (χ3v) is 5.38. The van der Waals surface area contributed by atoms with E-state index in [1.54, 1.807) is 7.05 Å². The third-order valence-electron chi connectivity index (χ3n) is 3.48. The second kappa shape index (κ2) is 6.47. The molecule has 0 saturated carbocycles. The lowest BCUT2D eigenvalue weighted by atomic mass is 10.1. The predicted molar refractivity (Wildman–Crippen MR) is 74.8 cm³/mol. The van der Waals surface area contributed by atoms with E-state index in [0.29, 0.717) is 25.3 Å². The van der Waals surface area contributed by atoms with Crippen LogP contribution in [0.15, 0.2) is 17.3 Å². The van der Waals surface area contributed by atoms with Crippen molar-refractivity contribution in [1.29, 1.82) is 0 Å². The minimum Gasteiger partial charge on any atom is -0.396 e. The summed E-state index contributed by atoms with van der Waals surface area (Å²) in [6.45, 7) is 0.608. The monoisotopic (exact) mass is 300 g/mol. The Kier molecular flexibility index (Phi) is 4.90. The molecule has 0 amide bonds. The number of nitrogens with one attached hydrogen (secondary N) is 1. The average molecular weight is 300 g/mol. The second-order valence-corrected chi connectivity index (χ2v) is 6.66. The van der Waals surface area contributed by atoms with Crippen molar-refractivity contribution in [3.8, 4) is 0 Å². The van der Waals surface area contributed by atoms with Crippen LogP contribution in [0, 0.1) is 0 Å². The smallest absolute Gasteiger partial charge is 0.246 e. The maximum Gasteiger partial charge on any atom is 0.246 e. The topological polar surface area (TPSA) is 95.4 Å². The first-order valence-corrected chi connectivity index (χ1v) is 8.16. The lowest BCUT2D eigenvalue weighted by Crippen LogP contribution is -2.35. The molecule has 1 aliphatic heterocycles. The molecule has 1 saturated heterocycles. The number of hydrogen-bond acceptors (Lipinski definition) is 6. The van der Waals surface area contributed by atoms with Crippen LogP contribution in [0.2, 0.25) is 0 Å². The molecule has 1 aromatic rings. The normalized spacial score (nSPS) is 20.2. The summed E-state index contributed by atoms with van der Waals surface area (Å²) in [6, 6.07) is -0.0314. The lowest BCUT2D eigenvalue weighted by Gasteiger charge is -2.23. The Bertz CT molecular complexity index is 532. The summed E-state index contributed by atoms with van der Waals surface area (Å²) >= 11 is 0. The van der Waals surface area contributed by atoms with Crippen molar-refractivity contribution in [2.45, 2.75) is 36.6 Å². The largest absolute Gasteiger partial charge is 0.396 e. The van der Waals surface area contributed by atoms with Crippen molar-refractivity contribution < 1.29 is 13.5 Å². The Morgan fingerprint density at radius 3 is 2.75 bits per heavy atom. The summed E-state index contributed by atoms with van der Waals surface area (Å²) < 4.78 is 26.7. The molecule has 20 heavy (non-hydrogen) atoms. The van der Waals surface area contributed by atoms with Gasteiger partial charge in [0.1, 0.15) is 4.90 Å². The van der Waals surface area contributed by atoms with E-state index in [2.05, 4.69) is 15.3 Å². The van der Waals surface area contributed by atoms with Crippen LogP contribution in [0.1, 0.15) is 25.7 Å². The first kappa shape index (κ1) is 15.1. The highest BCUT2D eigenvalue weighted by molar-refractivity contribution is 7.89. The van der Waals surface area contributed by atoms with Crippen LogP contribution in [0.3, 0.4) is 0 Å². The van der Waals surface area contributed by atoms with Gasteiger partial charge in [-0.3, -0.25) is 0 Å². The van der Waals surface area contributed by atoms with Crippen LogP contribution in [0.25, 0.3) is 0 Å². The molecule has 1 atom stereocenters. The summed E-state index contributed by atoms with van der Waals surface area (Å²) in [7, 11) is -1.87. The fourth-order valence-electron chi connectivity index (χ4n) is 2.45. The van der Waals surface area contributed by atoms with E-state index in [9.17, 15) is 8.42 Å². The van der Waals surface area contributed by atoms with Gasteiger partial charge >= 0.3 is 0 Å². The van der Waals surface area contributed by atoms with Gasteiger partial charge in [-0.25, -0.2) is 18.4 Å². The second-order valence-electron chi connectivity index (χ2n) is 4.77. The molecule has 0 aromatic carbocycles. The van der Waals surface area contributed by atoms with Crippen molar-refractivity contribution in [1.82, 2.24) is 14.3 Å². The molecule has 0 radical (unpaired) electrons. The van der Waals surface area contributed by atoms with Gasteiger partial charge in [-0.1, -0.05) is 0 Å². The highest BCUT2D eigenvalue weighted by Gasteiger charge is 2.35. The van der Waals surface area contributed by atoms with Gasteiger partial charge in [0, 0.05) is 26.2 Å². The SMILES string of the molecule is CNc1ncc(S(=O)(=O)N2CCCC2CCCO)cn1. The minimum absolute atomic E-state index is 0.0314. The van der Waals surface area contributed by atoms with Crippen molar-refractivity contribution in [2.75, 3.05) is 25.5 Å². The molecule has 2 heterocycles. The lowest BCUT2D eigenvalue weighted by molar-refractivity contribution is 0.264. The van der Waals surface area contributed by atoms with Crippen molar-refractivity contribution in [2.24, 2.45) is 0 Å². The van der Waals surface area contributed by atoms with E-state index in [-0.39, 0.29) is 17.5 Å². The number of aromatic nitrogens is 2. The van der Waals surface area contributed by atoms with Gasteiger partial charge in [-0.15, -0.1) is 0 Å². The standard InChI is InChI=1S/C12H20N4O3S/c1-13-12-14-8-11(9-15-12)20(18,19)16-6-2-4-10(16)5-3-7-17/h8-10,17H,2-7H2,1H3,(H,13,14,15). The third kappa shape index (κ3) is 3.08. The van der Waals surface area contributed by atoms with Crippen LogP contribution >= 0.6 is 0 Å². The molecular weight excluding hydrogens is 280 g/mol. The van der Waals surface area contributed by atoms with E-state index in [1.807, 2.05) is 0 Å². The number of sulfonamides is 1. The number of rotatable bonds is 6. The zero-order valence-corrected chi connectivity index (χ0v) is 12.3. The van der Waals surface area contributed by atoms with Crippen molar-refractivity contribution >= 4 is 16.0 Å². The number of nitrogens with zero attached hydrogens (tertiary/aromatic N) is 3. The van der Waals surface area contributed by atoms with E-state index in [1.165, 1.54) is 16.7 Å². The molecule has 112 valence electrons. The van der Waals surface area contributed by atoms with Crippen LogP contribution in [-0.4, -0.2) is 54.0 Å². The highest BCUT2D eigenvalue weighted by Crippen LogP contribution is 2.28. The first-order valence-electron chi connectivity index (χ1n) is 6.72. The first-order chi connectivity index (χ1) is 9.59. The predicted octanol–water partition coefficient (Wildman–Crippen LogP) is 0.444. The highest BCUT2D eigenvalue weighted by atomic mass is 32.2. The molecule has 8 heteroatoms. The molecular formula is C12H20N4O3S. The molecule has 1 aliphatic rings.